The van der Waals surface area contributed by atoms with E-state index in [2.05, 4.69) is 11.9 Å². The Kier molecular flexibility index (Phi) is 4.04. The summed E-state index contributed by atoms with van der Waals surface area (Å²) in [6, 6.07) is 0. The van der Waals surface area contributed by atoms with Crippen molar-refractivity contribution >= 4 is 17.8 Å². The van der Waals surface area contributed by atoms with Crippen molar-refractivity contribution in [2.24, 2.45) is 5.92 Å². The molecule has 0 bridgehead atoms. The van der Waals surface area contributed by atoms with Gasteiger partial charge in [0.05, 0.1) is 6.54 Å². The molecule has 0 aliphatic carbocycles. The highest BCUT2D eigenvalue weighted by atomic mass is 16.4. The molecule has 0 radical (unpaired) electrons. The van der Waals surface area contributed by atoms with Crippen molar-refractivity contribution in [3.8, 4) is 0 Å². The van der Waals surface area contributed by atoms with Crippen molar-refractivity contribution in [3.05, 3.63) is 12.7 Å². The molecule has 0 saturated carbocycles. The minimum atomic E-state index is -1.11. The molecule has 1 aliphatic heterocycles. The second kappa shape index (κ2) is 5.29. The van der Waals surface area contributed by atoms with Crippen LogP contribution in [0.2, 0.25) is 0 Å². The molecule has 1 atom stereocenters. The van der Waals surface area contributed by atoms with Gasteiger partial charge in [-0.3, -0.25) is 14.4 Å². The summed E-state index contributed by atoms with van der Waals surface area (Å²) in [7, 11) is 0. The molecule has 6 heteroatoms. The fourth-order valence-electron chi connectivity index (χ4n) is 1.52. The molecule has 0 aromatic rings. The van der Waals surface area contributed by atoms with Crippen LogP contribution in [0.15, 0.2) is 12.7 Å². The van der Waals surface area contributed by atoms with Crippen LogP contribution in [0, 0.1) is 5.92 Å². The van der Waals surface area contributed by atoms with Crippen molar-refractivity contribution < 1.29 is 19.5 Å². The summed E-state index contributed by atoms with van der Waals surface area (Å²) >= 11 is 0. The lowest BCUT2D eigenvalue weighted by molar-refractivity contribution is -0.138. The van der Waals surface area contributed by atoms with Gasteiger partial charge in [0.1, 0.15) is 6.54 Å². The van der Waals surface area contributed by atoms with Gasteiger partial charge in [0.2, 0.25) is 11.8 Å². The van der Waals surface area contributed by atoms with E-state index in [0.717, 1.165) is 0 Å². The molecule has 1 heterocycles. The van der Waals surface area contributed by atoms with Crippen LogP contribution in [0.3, 0.4) is 0 Å². The zero-order valence-electron chi connectivity index (χ0n) is 8.81. The Bertz CT molecular complexity index is 327. The third-order valence-corrected chi connectivity index (χ3v) is 2.35. The van der Waals surface area contributed by atoms with Gasteiger partial charge in [-0.15, -0.1) is 6.58 Å². The van der Waals surface area contributed by atoms with Crippen molar-refractivity contribution in [2.45, 2.75) is 6.42 Å². The first kappa shape index (κ1) is 12.2. The number of likely N-dealkylation sites (tertiary alicyclic amines) is 1. The van der Waals surface area contributed by atoms with Crippen LogP contribution in [0.4, 0.5) is 0 Å². The van der Waals surface area contributed by atoms with Gasteiger partial charge in [0.25, 0.3) is 0 Å². The van der Waals surface area contributed by atoms with Crippen molar-refractivity contribution in [1.82, 2.24) is 10.2 Å². The van der Waals surface area contributed by atoms with Crippen molar-refractivity contribution in [2.75, 3.05) is 19.6 Å². The first-order chi connectivity index (χ1) is 7.52. The molecule has 1 aliphatic rings. The smallest absolute Gasteiger partial charge is 0.322 e. The molecule has 0 aromatic heterocycles. The van der Waals surface area contributed by atoms with E-state index in [1.165, 1.54) is 4.90 Å². The maximum Gasteiger partial charge on any atom is 0.322 e. The lowest BCUT2D eigenvalue weighted by Gasteiger charge is -2.14. The number of aliphatic carboxylic acids is 1. The summed E-state index contributed by atoms with van der Waals surface area (Å²) in [5.74, 6) is -1.58. The molecule has 2 N–H and O–H groups in total. The van der Waals surface area contributed by atoms with E-state index in [4.69, 9.17) is 5.11 Å². The van der Waals surface area contributed by atoms with Crippen LogP contribution in [-0.2, 0) is 14.4 Å². The number of carboxylic acids is 1. The lowest BCUT2D eigenvalue weighted by Crippen LogP contribution is -2.39. The topological polar surface area (TPSA) is 86.7 Å². The predicted molar refractivity (Wildman–Crippen MR) is 55.5 cm³/mol. The summed E-state index contributed by atoms with van der Waals surface area (Å²) < 4.78 is 0. The minimum Gasteiger partial charge on any atom is -0.480 e. The van der Waals surface area contributed by atoms with Gasteiger partial charge in [-0.1, -0.05) is 6.08 Å². The third-order valence-electron chi connectivity index (χ3n) is 2.35. The molecular weight excluding hydrogens is 212 g/mol. The zero-order chi connectivity index (χ0) is 12.1. The number of carbonyl (C=O) groups is 3. The molecule has 1 saturated heterocycles. The average molecular weight is 226 g/mol. The molecule has 1 fully saturated rings. The Labute approximate surface area is 92.9 Å². The summed E-state index contributed by atoms with van der Waals surface area (Å²) in [5, 5.41) is 10.6. The highest BCUT2D eigenvalue weighted by Gasteiger charge is 2.28. The maximum absolute atomic E-state index is 11.4. The molecule has 0 aromatic carbocycles. The average Bonchev–Trinajstić information content (AvgIpc) is 2.57. The van der Waals surface area contributed by atoms with Crippen LogP contribution < -0.4 is 5.32 Å². The predicted octanol–water partition coefficient (Wildman–Crippen LogP) is -0.778. The second-order valence-electron chi connectivity index (χ2n) is 3.64. The highest BCUT2D eigenvalue weighted by molar-refractivity contribution is 5.87. The molecule has 0 spiro atoms. The van der Waals surface area contributed by atoms with E-state index in [0.29, 0.717) is 13.0 Å². The van der Waals surface area contributed by atoms with Crippen LogP contribution in [-0.4, -0.2) is 47.4 Å². The Balaban J connectivity index is 2.37. The van der Waals surface area contributed by atoms with Crippen LogP contribution >= 0.6 is 0 Å². The van der Waals surface area contributed by atoms with E-state index < -0.39 is 18.4 Å². The number of hydrogen-bond donors (Lipinski definition) is 2. The number of carbonyl (C=O) groups excluding carboxylic acids is 2. The Morgan fingerprint density at radius 1 is 1.62 bits per heavy atom. The summed E-state index contributed by atoms with van der Waals surface area (Å²) in [4.78, 5) is 34.3. The quantitative estimate of drug-likeness (QED) is 0.602. The van der Waals surface area contributed by atoms with Crippen LogP contribution in [0.25, 0.3) is 0 Å². The Morgan fingerprint density at radius 2 is 2.31 bits per heavy atom. The zero-order valence-corrected chi connectivity index (χ0v) is 8.81. The third kappa shape index (κ3) is 3.38. The lowest BCUT2D eigenvalue weighted by atomic mass is 10.1. The minimum absolute atomic E-state index is 0.0831. The fourth-order valence-corrected chi connectivity index (χ4v) is 1.52. The molecule has 1 unspecified atom stereocenters. The van der Waals surface area contributed by atoms with E-state index in [9.17, 15) is 14.4 Å². The molecular formula is C10H14N2O4. The maximum atomic E-state index is 11.4. The summed E-state index contributed by atoms with van der Waals surface area (Å²) in [6.07, 6.45) is 2.06. The van der Waals surface area contributed by atoms with Gasteiger partial charge in [-0.25, -0.2) is 0 Å². The van der Waals surface area contributed by atoms with Gasteiger partial charge in [0, 0.05) is 18.9 Å². The van der Waals surface area contributed by atoms with E-state index in [1.807, 2.05) is 0 Å². The fraction of sp³-hybridized carbons (Fsp3) is 0.500. The summed E-state index contributed by atoms with van der Waals surface area (Å²) in [5.41, 5.74) is 0. The molecule has 2 amide bonds. The summed E-state index contributed by atoms with van der Waals surface area (Å²) in [6.45, 7) is 3.56. The van der Waals surface area contributed by atoms with Gasteiger partial charge in [-0.05, 0) is 0 Å². The van der Waals surface area contributed by atoms with E-state index >= 15 is 0 Å². The van der Waals surface area contributed by atoms with E-state index in [-0.39, 0.29) is 18.4 Å². The molecule has 88 valence electrons. The number of carboxylic acid groups (broad SMARTS) is 1. The number of hydrogen-bond acceptors (Lipinski definition) is 3. The van der Waals surface area contributed by atoms with Crippen LogP contribution in [0.1, 0.15) is 6.42 Å². The first-order valence-corrected chi connectivity index (χ1v) is 4.91. The van der Waals surface area contributed by atoms with Gasteiger partial charge < -0.3 is 15.3 Å². The van der Waals surface area contributed by atoms with Gasteiger partial charge >= 0.3 is 5.97 Å². The largest absolute Gasteiger partial charge is 0.480 e. The monoisotopic (exact) mass is 226 g/mol. The number of nitrogens with zero attached hydrogens (tertiary/aromatic N) is 1. The number of amides is 2. The number of nitrogens with one attached hydrogen (secondary N) is 1. The number of rotatable bonds is 5. The molecule has 16 heavy (non-hydrogen) atoms. The molecule has 1 rings (SSSR count). The van der Waals surface area contributed by atoms with Gasteiger partial charge in [-0.2, -0.15) is 0 Å². The van der Waals surface area contributed by atoms with Crippen LogP contribution in [0.5, 0.6) is 0 Å². The SMILES string of the molecule is C=CC1CC(=O)N(CC(=O)NCC(=O)O)C1. The Hall–Kier alpha value is -1.85. The second-order valence-corrected chi connectivity index (χ2v) is 3.64. The van der Waals surface area contributed by atoms with Crippen molar-refractivity contribution in [1.29, 1.82) is 0 Å². The van der Waals surface area contributed by atoms with Gasteiger partial charge in [0.15, 0.2) is 0 Å². The Morgan fingerprint density at radius 3 is 2.81 bits per heavy atom. The first-order valence-electron chi connectivity index (χ1n) is 4.91. The van der Waals surface area contributed by atoms with Crippen molar-refractivity contribution in [3.63, 3.8) is 0 Å². The molecule has 6 nitrogen and oxygen atoms in total. The standard InChI is InChI=1S/C10H14N2O4/c1-2-7-3-9(14)12(5-7)6-8(13)11-4-10(15)16/h2,7H,1,3-6H2,(H,11,13)(H,15,16). The normalized spacial score (nSPS) is 19.6. The van der Waals surface area contributed by atoms with E-state index in [1.54, 1.807) is 6.08 Å². The highest BCUT2D eigenvalue weighted by Crippen LogP contribution is 2.17.